The van der Waals surface area contributed by atoms with Gasteiger partial charge in [-0.05, 0) is 31.9 Å². The van der Waals surface area contributed by atoms with Crippen molar-refractivity contribution in [2.45, 2.75) is 25.8 Å². The van der Waals surface area contributed by atoms with Crippen molar-refractivity contribution in [3.8, 4) is 0 Å². The normalized spacial score (nSPS) is 13.5. The van der Waals surface area contributed by atoms with Gasteiger partial charge in [-0.2, -0.15) is 0 Å². The minimum Gasteiger partial charge on any atom is -0.462 e. The van der Waals surface area contributed by atoms with Crippen LogP contribution in [0.3, 0.4) is 0 Å². The summed E-state index contributed by atoms with van der Waals surface area (Å²) in [6, 6.07) is 9.56. The number of aromatic nitrogens is 2. The van der Waals surface area contributed by atoms with Crippen molar-refractivity contribution in [1.82, 2.24) is 9.97 Å². The van der Waals surface area contributed by atoms with Crippen LogP contribution in [-0.2, 0) is 4.74 Å². The highest BCUT2D eigenvalue weighted by Gasteiger charge is 2.21. The molecule has 1 fully saturated rings. The lowest BCUT2D eigenvalue weighted by molar-refractivity contribution is 0.0527. The summed E-state index contributed by atoms with van der Waals surface area (Å²) < 4.78 is 5.07. The van der Waals surface area contributed by atoms with E-state index in [1.165, 1.54) is 19.2 Å². The third-order valence-corrected chi connectivity index (χ3v) is 3.28. The lowest BCUT2D eigenvalue weighted by atomic mass is 10.2. The van der Waals surface area contributed by atoms with Crippen molar-refractivity contribution in [3.63, 3.8) is 0 Å². The van der Waals surface area contributed by atoms with Gasteiger partial charge in [-0.1, -0.05) is 12.1 Å². The second-order valence-electron chi connectivity index (χ2n) is 5.10. The zero-order valence-corrected chi connectivity index (χ0v) is 12.4. The molecule has 1 saturated carbocycles. The van der Waals surface area contributed by atoms with E-state index in [1.54, 1.807) is 19.1 Å². The molecule has 1 heterocycles. The average Bonchev–Trinajstić information content (AvgIpc) is 3.32. The number of carbonyl (C=O) groups excluding carboxylic acids is 1. The van der Waals surface area contributed by atoms with Crippen LogP contribution in [0.15, 0.2) is 36.7 Å². The largest absolute Gasteiger partial charge is 0.462 e. The first kappa shape index (κ1) is 14.3. The molecule has 6 nitrogen and oxygen atoms in total. The Balaban J connectivity index is 1.79. The molecule has 1 aromatic heterocycles. The van der Waals surface area contributed by atoms with E-state index in [0.717, 1.165) is 5.82 Å². The Morgan fingerprint density at radius 1 is 1.27 bits per heavy atom. The van der Waals surface area contributed by atoms with Crippen LogP contribution in [0, 0.1) is 0 Å². The van der Waals surface area contributed by atoms with Crippen LogP contribution >= 0.6 is 0 Å². The quantitative estimate of drug-likeness (QED) is 0.798. The predicted molar refractivity (Wildman–Crippen MR) is 84.4 cm³/mol. The Morgan fingerprint density at radius 2 is 2.05 bits per heavy atom. The van der Waals surface area contributed by atoms with E-state index in [1.807, 2.05) is 18.2 Å². The molecule has 6 heteroatoms. The molecule has 0 radical (unpaired) electrons. The van der Waals surface area contributed by atoms with Crippen molar-refractivity contribution in [1.29, 1.82) is 0 Å². The average molecular weight is 298 g/mol. The predicted octanol–water partition coefficient (Wildman–Crippen LogP) is 2.97. The summed E-state index contributed by atoms with van der Waals surface area (Å²) in [5.74, 6) is 1.07. The molecule has 1 aromatic carbocycles. The number of para-hydroxylation sites is 1. The van der Waals surface area contributed by atoms with Crippen LogP contribution in [0.5, 0.6) is 0 Å². The fourth-order valence-corrected chi connectivity index (χ4v) is 2.06. The van der Waals surface area contributed by atoms with Crippen LogP contribution in [0.25, 0.3) is 0 Å². The van der Waals surface area contributed by atoms with Crippen LogP contribution in [0.4, 0.5) is 17.3 Å². The van der Waals surface area contributed by atoms with Gasteiger partial charge in [0, 0.05) is 12.1 Å². The summed E-state index contributed by atoms with van der Waals surface area (Å²) in [5.41, 5.74) is 1.15. The Morgan fingerprint density at radius 3 is 2.82 bits per heavy atom. The molecule has 0 aliphatic heterocycles. The first-order valence-corrected chi connectivity index (χ1v) is 7.38. The van der Waals surface area contributed by atoms with Crippen LogP contribution in [-0.4, -0.2) is 28.6 Å². The molecular weight excluding hydrogens is 280 g/mol. The highest BCUT2D eigenvalue weighted by molar-refractivity contribution is 5.96. The number of esters is 1. The van der Waals surface area contributed by atoms with Gasteiger partial charge < -0.3 is 15.4 Å². The van der Waals surface area contributed by atoms with E-state index >= 15 is 0 Å². The van der Waals surface area contributed by atoms with Gasteiger partial charge in [0.25, 0.3) is 0 Å². The van der Waals surface area contributed by atoms with Crippen LogP contribution < -0.4 is 10.6 Å². The second kappa shape index (κ2) is 6.43. The fraction of sp³-hybridized carbons (Fsp3) is 0.312. The summed E-state index contributed by atoms with van der Waals surface area (Å²) >= 11 is 0. The Bertz CT molecular complexity index is 671. The third kappa shape index (κ3) is 3.52. The maximum atomic E-state index is 12.0. The van der Waals surface area contributed by atoms with Gasteiger partial charge in [-0.15, -0.1) is 0 Å². The van der Waals surface area contributed by atoms with Crippen LogP contribution in [0.2, 0.25) is 0 Å². The van der Waals surface area contributed by atoms with Crippen molar-refractivity contribution in [2.24, 2.45) is 0 Å². The van der Waals surface area contributed by atoms with E-state index in [9.17, 15) is 4.79 Å². The number of nitrogens with one attached hydrogen (secondary N) is 2. The summed E-state index contributed by atoms with van der Waals surface area (Å²) in [6.07, 6.45) is 3.86. The number of hydrogen-bond donors (Lipinski definition) is 2. The van der Waals surface area contributed by atoms with E-state index in [4.69, 9.17) is 4.74 Å². The fourth-order valence-electron chi connectivity index (χ4n) is 2.06. The molecule has 0 bridgehead atoms. The number of benzene rings is 1. The lowest BCUT2D eigenvalue weighted by Gasteiger charge is -2.11. The van der Waals surface area contributed by atoms with Gasteiger partial charge in [0.15, 0.2) is 0 Å². The number of carbonyl (C=O) groups is 1. The van der Waals surface area contributed by atoms with E-state index in [0.29, 0.717) is 29.7 Å². The Kier molecular flexibility index (Phi) is 4.18. The summed E-state index contributed by atoms with van der Waals surface area (Å²) in [5, 5.41) is 6.47. The number of rotatable bonds is 6. The first-order chi connectivity index (χ1) is 10.8. The van der Waals surface area contributed by atoms with Gasteiger partial charge in [0.1, 0.15) is 18.0 Å². The smallest absolute Gasteiger partial charge is 0.340 e. The molecule has 0 atom stereocenters. The molecular formula is C16H18N4O2. The van der Waals surface area contributed by atoms with Gasteiger partial charge >= 0.3 is 5.97 Å². The molecule has 2 N–H and O–H groups in total. The highest BCUT2D eigenvalue weighted by Crippen LogP contribution is 2.25. The van der Waals surface area contributed by atoms with E-state index in [2.05, 4.69) is 20.6 Å². The number of hydrogen-bond acceptors (Lipinski definition) is 6. The minimum atomic E-state index is -0.351. The van der Waals surface area contributed by atoms with Gasteiger partial charge in [0.05, 0.1) is 17.9 Å². The Hall–Kier alpha value is -2.63. The zero-order valence-electron chi connectivity index (χ0n) is 12.4. The van der Waals surface area contributed by atoms with Gasteiger partial charge in [-0.25, -0.2) is 14.8 Å². The molecule has 0 spiro atoms. The van der Waals surface area contributed by atoms with Crippen molar-refractivity contribution in [3.05, 3.63) is 42.2 Å². The van der Waals surface area contributed by atoms with E-state index in [-0.39, 0.29) is 5.97 Å². The molecule has 22 heavy (non-hydrogen) atoms. The second-order valence-corrected chi connectivity index (χ2v) is 5.10. The first-order valence-electron chi connectivity index (χ1n) is 7.38. The van der Waals surface area contributed by atoms with Gasteiger partial charge in [0.2, 0.25) is 0 Å². The molecule has 1 aliphatic rings. The van der Waals surface area contributed by atoms with Crippen LogP contribution in [0.1, 0.15) is 30.1 Å². The molecule has 0 saturated heterocycles. The maximum absolute atomic E-state index is 12.0. The van der Waals surface area contributed by atoms with Gasteiger partial charge in [-0.3, -0.25) is 0 Å². The third-order valence-electron chi connectivity index (χ3n) is 3.28. The summed E-state index contributed by atoms with van der Waals surface area (Å²) in [7, 11) is 0. The zero-order chi connectivity index (χ0) is 15.4. The Labute approximate surface area is 128 Å². The SMILES string of the molecule is CCOC(=O)c1ccccc1Nc1cc(NC2CC2)ncn1. The summed E-state index contributed by atoms with van der Waals surface area (Å²) in [6.45, 7) is 2.13. The number of ether oxygens (including phenoxy) is 1. The minimum absolute atomic E-state index is 0.343. The number of nitrogens with zero attached hydrogens (tertiary/aromatic N) is 2. The van der Waals surface area contributed by atoms with Crippen molar-refractivity contribution in [2.75, 3.05) is 17.2 Å². The standard InChI is InChI=1S/C16H18N4O2/c1-2-22-16(21)12-5-3-4-6-13(12)20-15-9-14(17-10-18-15)19-11-7-8-11/h3-6,9-11H,2,7-8H2,1H3,(H2,17,18,19,20). The molecule has 114 valence electrons. The molecule has 2 aromatic rings. The van der Waals surface area contributed by atoms with E-state index < -0.39 is 0 Å². The topological polar surface area (TPSA) is 76.1 Å². The highest BCUT2D eigenvalue weighted by atomic mass is 16.5. The molecule has 3 rings (SSSR count). The molecule has 0 unspecified atom stereocenters. The monoisotopic (exact) mass is 298 g/mol. The molecule has 1 aliphatic carbocycles. The summed E-state index contributed by atoms with van der Waals surface area (Å²) in [4.78, 5) is 20.4. The van der Waals surface area contributed by atoms with Crippen molar-refractivity contribution < 1.29 is 9.53 Å². The molecule has 0 amide bonds. The lowest BCUT2D eigenvalue weighted by Crippen LogP contribution is -2.09. The number of anilines is 3. The van der Waals surface area contributed by atoms with Crippen molar-refractivity contribution >= 4 is 23.3 Å². The maximum Gasteiger partial charge on any atom is 0.340 e.